The Labute approximate surface area is 138 Å². The van der Waals surface area contributed by atoms with Gasteiger partial charge in [-0.2, -0.15) is 0 Å². The molecule has 1 aliphatic rings. The molecule has 5 heteroatoms. The summed E-state index contributed by atoms with van der Waals surface area (Å²) in [6.07, 6.45) is 6.49. The molecule has 0 fully saturated rings. The number of carbonyl (C=O) groups is 1. The first kappa shape index (κ1) is 14.8. The minimum absolute atomic E-state index is 0.0593. The molecular formula is C19H16FN3O. The molecule has 0 unspecified atom stereocenters. The molecule has 4 rings (SSSR count). The predicted octanol–water partition coefficient (Wildman–Crippen LogP) is 3.24. The van der Waals surface area contributed by atoms with Crippen molar-refractivity contribution in [3.8, 4) is 0 Å². The van der Waals surface area contributed by atoms with Gasteiger partial charge in [0.1, 0.15) is 5.82 Å². The van der Waals surface area contributed by atoms with Crippen molar-refractivity contribution in [1.29, 1.82) is 0 Å². The third-order valence-corrected chi connectivity index (χ3v) is 4.29. The second kappa shape index (κ2) is 6.02. The summed E-state index contributed by atoms with van der Waals surface area (Å²) in [6, 6.07) is 9.67. The Morgan fingerprint density at radius 2 is 2.08 bits per heavy atom. The Kier molecular flexibility index (Phi) is 3.70. The first-order valence-corrected chi connectivity index (χ1v) is 7.91. The number of carbonyl (C=O) groups excluding carboxylic acids is 1. The Balaban J connectivity index is 1.89. The van der Waals surface area contributed by atoms with Crippen LogP contribution in [-0.4, -0.2) is 28.5 Å². The van der Waals surface area contributed by atoms with Crippen LogP contribution in [-0.2, 0) is 0 Å². The van der Waals surface area contributed by atoms with Gasteiger partial charge in [0, 0.05) is 24.5 Å². The fraction of sp³-hybridized carbons (Fsp3) is 0.158. The van der Waals surface area contributed by atoms with Gasteiger partial charge in [-0.1, -0.05) is 18.2 Å². The molecule has 0 atom stereocenters. The van der Waals surface area contributed by atoms with Gasteiger partial charge in [0.05, 0.1) is 16.6 Å². The number of nitrogens with one attached hydrogen (secondary N) is 1. The summed E-state index contributed by atoms with van der Waals surface area (Å²) in [6.45, 7) is 1.70. The number of rotatable bonds is 2. The lowest BCUT2D eigenvalue weighted by Gasteiger charge is -2.12. The van der Waals surface area contributed by atoms with Crippen LogP contribution in [0.4, 0.5) is 4.39 Å². The van der Waals surface area contributed by atoms with Crippen molar-refractivity contribution in [1.82, 2.24) is 14.9 Å². The molecule has 1 aliphatic heterocycles. The van der Waals surface area contributed by atoms with Gasteiger partial charge in [-0.15, -0.1) is 0 Å². The summed E-state index contributed by atoms with van der Waals surface area (Å²) in [4.78, 5) is 17.3. The second-order valence-electron chi connectivity index (χ2n) is 5.75. The average Bonchev–Trinajstić information content (AvgIpc) is 3.02. The zero-order valence-electron chi connectivity index (χ0n) is 13.0. The van der Waals surface area contributed by atoms with Gasteiger partial charge in [0.15, 0.2) is 0 Å². The fourth-order valence-corrected chi connectivity index (χ4v) is 3.09. The van der Waals surface area contributed by atoms with E-state index in [-0.39, 0.29) is 11.5 Å². The normalized spacial score (nSPS) is 14.6. The van der Waals surface area contributed by atoms with Crippen LogP contribution in [0.15, 0.2) is 54.9 Å². The van der Waals surface area contributed by atoms with Gasteiger partial charge >= 0.3 is 0 Å². The molecule has 0 saturated heterocycles. The predicted molar refractivity (Wildman–Crippen MR) is 91.3 cm³/mol. The highest BCUT2D eigenvalue weighted by atomic mass is 19.1. The molecule has 0 bridgehead atoms. The number of halogens is 1. The van der Waals surface area contributed by atoms with E-state index in [4.69, 9.17) is 0 Å². The van der Waals surface area contributed by atoms with E-state index in [2.05, 4.69) is 16.4 Å². The maximum absolute atomic E-state index is 14.0. The van der Waals surface area contributed by atoms with Crippen molar-refractivity contribution in [2.24, 2.45) is 0 Å². The zero-order valence-corrected chi connectivity index (χ0v) is 13.0. The van der Waals surface area contributed by atoms with Gasteiger partial charge < -0.3 is 5.32 Å². The summed E-state index contributed by atoms with van der Waals surface area (Å²) in [7, 11) is 0. The van der Waals surface area contributed by atoms with Crippen LogP contribution >= 0.6 is 0 Å². The topological polar surface area (TPSA) is 46.9 Å². The lowest BCUT2D eigenvalue weighted by molar-refractivity contribution is 0.0961. The zero-order chi connectivity index (χ0) is 16.5. The number of nitrogens with zero attached hydrogens (tertiary/aromatic N) is 2. The van der Waals surface area contributed by atoms with E-state index < -0.39 is 5.82 Å². The standard InChI is InChI=1S/C19H16FN3O/c20-16-5-2-1-4-14(16)19(24)23-12-15(13-7-10-21-11-8-13)18-17(23)6-3-9-22-18/h1-7,9,12,21H,8,10-11H2. The van der Waals surface area contributed by atoms with Crippen LogP contribution in [0.2, 0.25) is 0 Å². The summed E-state index contributed by atoms with van der Waals surface area (Å²) in [5.74, 6) is -0.900. The molecule has 0 amide bonds. The average molecular weight is 321 g/mol. The Bertz CT molecular complexity index is 958. The quantitative estimate of drug-likeness (QED) is 0.788. The third kappa shape index (κ3) is 2.43. The molecule has 24 heavy (non-hydrogen) atoms. The van der Waals surface area contributed by atoms with Crippen molar-refractivity contribution >= 4 is 22.5 Å². The van der Waals surface area contributed by atoms with Crippen molar-refractivity contribution in [2.45, 2.75) is 6.42 Å². The summed E-state index contributed by atoms with van der Waals surface area (Å²) < 4.78 is 15.5. The van der Waals surface area contributed by atoms with Crippen molar-refractivity contribution in [3.05, 3.63) is 71.8 Å². The minimum Gasteiger partial charge on any atom is -0.313 e. The molecule has 120 valence electrons. The molecule has 4 nitrogen and oxygen atoms in total. The Morgan fingerprint density at radius 1 is 1.21 bits per heavy atom. The fourth-order valence-electron chi connectivity index (χ4n) is 3.09. The molecule has 0 aliphatic carbocycles. The number of hydrogen-bond acceptors (Lipinski definition) is 3. The van der Waals surface area contributed by atoms with Crippen LogP contribution in [0.5, 0.6) is 0 Å². The summed E-state index contributed by atoms with van der Waals surface area (Å²) >= 11 is 0. The first-order valence-electron chi connectivity index (χ1n) is 7.91. The number of pyridine rings is 1. The molecule has 0 saturated carbocycles. The van der Waals surface area contributed by atoms with Gasteiger partial charge in [-0.25, -0.2) is 4.39 Å². The SMILES string of the molecule is O=C(c1ccccc1F)n1cc(C2=CCNCC2)c2ncccc21. The van der Waals surface area contributed by atoms with Crippen LogP contribution in [0.3, 0.4) is 0 Å². The van der Waals surface area contributed by atoms with Crippen molar-refractivity contribution in [2.75, 3.05) is 13.1 Å². The number of aromatic nitrogens is 2. The highest BCUT2D eigenvalue weighted by molar-refractivity contribution is 6.04. The Hall–Kier alpha value is -2.79. The van der Waals surface area contributed by atoms with Crippen LogP contribution < -0.4 is 5.32 Å². The van der Waals surface area contributed by atoms with E-state index in [1.54, 1.807) is 30.6 Å². The highest BCUT2D eigenvalue weighted by Gasteiger charge is 2.20. The number of hydrogen-bond donors (Lipinski definition) is 1. The summed E-state index contributed by atoms with van der Waals surface area (Å²) in [5, 5.41) is 3.28. The molecule has 3 aromatic rings. The van der Waals surface area contributed by atoms with Crippen LogP contribution in [0.25, 0.3) is 16.6 Å². The third-order valence-electron chi connectivity index (χ3n) is 4.29. The maximum atomic E-state index is 14.0. The van der Waals surface area contributed by atoms with E-state index in [0.29, 0.717) is 5.52 Å². The Morgan fingerprint density at radius 3 is 2.88 bits per heavy atom. The number of benzene rings is 1. The summed E-state index contributed by atoms with van der Waals surface area (Å²) in [5.41, 5.74) is 3.63. The molecular weight excluding hydrogens is 305 g/mol. The largest absolute Gasteiger partial charge is 0.313 e. The van der Waals surface area contributed by atoms with Gasteiger partial charge in [-0.3, -0.25) is 14.3 Å². The highest BCUT2D eigenvalue weighted by Crippen LogP contribution is 2.29. The lowest BCUT2D eigenvalue weighted by Crippen LogP contribution is -2.20. The van der Waals surface area contributed by atoms with E-state index >= 15 is 0 Å². The van der Waals surface area contributed by atoms with Crippen LogP contribution in [0.1, 0.15) is 22.3 Å². The second-order valence-corrected chi connectivity index (χ2v) is 5.75. The molecule has 0 radical (unpaired) electrons. The minimum atomic E-state index is -0.518. The van der Waals surface area contributed by atoms with Gasteiger partial charge in [0.25, 0.3) is 5.91 Å². The van der Waals surface area contributed by atoms with E-state index in [9.17, 15) is 9.18 Å². The maximum Gasteiger partial charge on any atom is 0.265 e. The van der Waals surface area contributed by atoms with E-state index in [0.717, 1.165) is 36.2 Å². The lowest BCUT2D eigenvalue weighted by atomic mass is 10.0. The van der Waals surface area contributed by atoms with Crippen LogP contribution in [0, 0.1) is 5.82 Å². The monoisotopic (exact) mass is 321 g/mol. The van der Waals surface area contributed by atoms with Crippen molar-refractivity contribution < 1.29 is 9.18 Å². The molecule has 3 heterocycles. The van der Waals surface area contributed by atoms with E-state index in [1.165, 1.54) is 16.7 Å². The molecule has 0 spiro atoms. The van der Waals surface area contributed by atoms with Gasteiger partial charge in [-0.05, 0) is 42.8 Å². The van der Waals surface area contributed by atoms with E-state index in [1.807, 2.05) is 6.07 Å². The first-order chi connectivity index (χ1) is 11.8. The molecule has 1 aromatic carbocycles. The van der Waals surface area contributed by atoms with Gasteiger partial charge in [0.2, 0.25) is 0 Å². The number of fused-ring (bicyclic) bond motifs is 1. The smallest absolute Gasteiger partial charge is 0.265 e. The van der Waals surface area contributed by atoms with Crippen molar-refractivity contribution in [3.63, 3.8) is 0 Å². The molecule has 1 N–H and O–H groups in total. The molecule has 2 aromatic heterocycles.